The second kappa shape index (κ2) is 5.10. The van der Waals surface area contributed by atoms with Crippen LogP contribution in [0.15, 0.2) is 12.3 Å². The number of H-pyrrole nitrogens is 1. The zero-order valence-electron chi connectivity index (χ0n) is 10.6. The van der Waals surface area contributed by atoms with Crippen LogP contribution in [0.25, 0.3) is 0 Å². The first-order valence-electron chi connectivity index (χ1n) is 6.87. The van der Waals surface area contributed by atoms with Crippen molar-refractivity contribution in [2.24, 2.45) is 0 Å². The average molecular weight is 248 g/mol. The summed E-state index contributed by atoms with van der Waals surface area (Å²) in [6.07, 6.45) is 6.60. The SMILES string of the molecule is O=C(c1ccn[nH]1)N1CCCC(N2CCCC2)C1. The summed E-state index contributed by atoms with van der Waals surface area (Å²) in [6.45, 7) is 4.16. The Hall–Kier alpha value is -1.36. The molecule has 2 fully saturated rings. The maximum absolute atomic E-state index is 12.3. The minimum atomic E-state index is 0.0939. The number of aromatic amines is 1. The molecule has 0 spiro atoms. The third kappa shape index (κ3) is 2.27. The van der Waals surface area contributed by atoms with Crippen LogP contribution in [0.1, 0.15) is 36.2 Å². The van der Waals surface area contributed by atoms with Gasteiger partial charge in [0.25, 0.3) is 5.91 Å². The monoisotopic (exact) mass is 248 g/mol. The van der Waals surface area contributed by atoms with Crippen molar-refractivity contribution in [1.82, 2.24) is 20.0 Å². The van der Waals surface area contributed by atoms with E-state index in [0.29, 0.717) is 11.7 Å². The highest BCUT2D eigenvalue weighted by Crippen LogP contribution is 2.21. The van der Waals surface area contributed by atoms with Gasteiger partial charge in [0.2, 0.25) is 0 Å². The Kier molecular flexibility index (Phi) is 3.32. The molecule has 1 unspecified atom stereocenters. The standard InChI is InChI=1S/C13H20N4O/c18-13(12-5-6-14-15-12)17-9-3-4-11(10-17)16-7-1-2-8-16/h5-6,11H,1-4,7-10H2,(H,14,15). The average Bonchev–Trinajstić information content (AvgIpc) is 3.11. The number of likely N-dealkylation sites (tertiary alicyclic amines) is 2. The van der Waals surface area contributed by atoms with Gasteiger partial charge in [0.05, 0.1) is 0 Å². The molecule has 1 aromatic rings. The molecular formula is C13H20N4O. The molecule has 18 heavy (non-hydrogen) atoms. The molecule has 3 rings (SSSR count). The molecule has 5 heteroatoms. The maximum Gasteiger partial charge on any atom is 0.271 e. The van der Waals surface area contributed by atoms with E-state index in [4.69, 9.17) is 0 Å². The van der Waals surface area contributed by atoms with Gasteiger partial charge < -0.3 is 4.90 Å². The fourth-order valence-electron chi connectivity index (χ4n) is 3.09. The van der Waals surface area contributed by atoms with E-state index in [0.717, 1.165) is 19.5 Å². The molecule has 3 heterocycles. The van der Waals surface area contributed by atoms with Crippen LogP contribution in [0.3, 0.4) is 0 Å². The summed E-state index contributed by atoms with van der Waals surface area (Å²) in [5.74, 6) is 0.0939. The van der Waals surface area contributed by atoms with Crippen molar-refractivity contribution in [1.29, 1.82) is 0 Å². The van der Waals surface area contributed by atoms with E-state index in [9.17, 15) is 4.79 Å². The lowest BCUT2D eigenvalue weighted by atomic mass is 10.0. The summed E-state index contributed by atoms with van der Waals surface area (Å²) < 4.78 is 0. The summed E-state index contributed by atoms with van der Waals surface area (Å²) in [5.41, 5.74) is 0.608. The number of amides is 1. The number of hydrogen-bond donors (Lipinski definition) is 1. The molecule has 0 saturated carbocycles. The van der Waals surface area contributed by atoms with Gasteiger partial charge in [-0.25, -0.2) is 0 Å². The van der Waals surface area contributed by atoms with Crippen molar-refractivity contribution in [2.75, 3.05) is 26.2 Å². The number of nitrogens with zero attached hydrogens (tertiary/aromatic N) is 3. The van der Waals surface area contributed by atoms with E-state index >= 15 is 0 Å². The summed E-state index contributed by atoms with van der Waals surface area (Å²) in [4.78, 5) is 16.8. The van der Waals surface area contributed by atoms with Gasteiger partial charge in [-0.1, -0.05) is 0 Å². The summed E-state index contributed by atoms with van der Waals surface area (Å²) >= 11 is 0. The van der Waals surface area contributed by atoms with Crippen LogP contribution < -0.4 is 0 Å². The van der Waals surface area contributed by atoms with Crippen LogP contribution in [0.5, 0.6) is 0 Å². The quantitative estimate of drug-likeness (QED) is 0.853. The first kappa shape index (κ1) is 11.7. The predicted molar refractivity (Wildman–Crippen MR) is 68.3 cm³/mol. The van der Waals surface area contributed by atoms with Gasteiger partial charge in [0, 0.05) is 25.3 Å². The normalized spacial score (nSPS) is 25.6. The topological polar surface area (TPSA) is 52.2 Å². The Bertz CT molecular complexity index is 397. The van der Waals surface area contributed by atoms with Gasteiger partial charge in [0.15, 0.2) is 0 Å². The van der Waals surface area contributed by atoms with Crippen molar-refractivity contribution in [3.63, 3.8) is 0 Å². The Morgan fingerprint density at radius 2 is 2.11 bits per heavy atom. The van der Waals surface area contributed by atoms with Gasteiger partial charge in [-0.2, -0.15) is 5.10 Å². The number of aromatic nitrogens is 2. The highest BCUT2D eigenvalue weighted by molar-refractivity contribution is 5.92. The second-order valence-corrected chi connectivity index (χ2v) is 5.26. The molecule has 1 atom stereocenters. The summed E-state index contributed by atoms with van der Waals surface area (Å²) in [7, 11) is 0. The molecule has 1 amide bonds. The van der Waals surface area contributed by atoms with Crippen LogP contribution in [0.2, 0.25) is 0 Å². The molecule has 5 nitrogen and oxygen atoms in total. The smallest absolute Gasteiger partial charge is 0.271 e. The Morgan fingerprint density at radius 1 is 1.28 bits per heavy atom. The fraction of sp³-hybridized carbons (Fsp3) is 0.692. The summed E-state index contributed by atoms with van der Waals surface area (Å²) in [5, 5.41) is 6.62. The number of nitrogens with one attached hydrogen (secondary N) is 1. The van der Waals surface area contributed by atoms with Gasteiger partial charge >= 0.3 is 0 Å². The zero-order valence-corrected chi connectivity index (χ0v) is 10.6. The first-order chi connectivity index (χ1) is 8.84. The maximum atomic E-state index is 12.3. The van der Waals surface area contributed by atoms with E-state index in [1.165, 1.54) is 32.4 Å². The highest BCUT2D eigenvalue weighted by atomic mass is 16.2. The van der Waals surface area contributed by atoms with Gasteiger partial charge in [-0.05, 0) is 44.8 Å². The van der Waals surface area contributed by atoms with Crippen molar-refractivity contribution in [3.05, 3.63) is 18.0 Å². The third-order valence-electron chi connectivity index (χ3n) is 4.07. The van der Waals surface area contributed by atoms with E-state index in [2.05, 4.69) is 15.1 Å². The number of hydrogen-bond acceptors (Lipinski definition) is 3. The molecule has 0 radical (unpaired) electrons. The highest BCUT2D eigenvalue weighted by Gasteiger charge is 2.29. The lowest BCUT2D eigenvalue weighted by molar-refractivity contribution is 0.0602. The fourth-order valence-corrected chi connectivity index (χ4v) is 3.09. The van der Waals surface area contributed by atoms with Crippen LogP contribution in [-0.2, 0) is 0 Å². The molecular weight excluding hydrogens is 228 g/mol. The lowest BCUT2D eigenvalue weighted by Gasteiger charge is -2.37. The number of piperidine rings is 1. The molecule has 2 aliphatic rings. The molecule has 0 aromatic carbocycles. The van der Waals surface area contributed by atoms with E-state index in [-0.39, 0.29) is 5.91 Å². The van der Waals surface area contributed by atoms with E-state index < -0.39 is 0 Å². The Morgan fingerprint density at radius 3 is 2.83 bits per heavy atom. The Labute approximate surface area is 107 Å². The third-order valence-corrected chi connectivity index (χ3v) is 4.07. The molecule has 0 aliphatic carbocycles. The number of carbonyl (C=O) groups excluding carboxylic acids is 1. The number of carbonyl (C=O) groups is 1. The molecule has 2 aliphatic heterocycles. The van der Waals surface area contributed by atoms with Gasteiger partial charge in [-0.3, -0.25) is 14.8 Å². The van der Waals surface area contributed by atoms with Crippen molar-refractivity contribution in [2.45, 2.75) is 31.7 Å². The van der Waals surface area contributed by atoms with Crippen LogP contribution in [0.4, 0.5) is 0 Å². The van der Waals surface area contributed by atoms with Crippen molar-refractivity contribution < 1.29 is 4.79 Å². The van der Waals surface area contributed by atoms with Crippen LogP contribution >= 0.6 is 0 Å². The second-order valence-electron chi connectivity index (χ2n) is 5.26. The molecule has 0 bridgehead atoms. The lowest BCUT2D eigenvalue weighted by Crippen LogP contribution is -2.49. The van der Waals surface area contributed by atoms with E-state index in [1.54, 1.807) is 12.3 Å². The predicted octanol–water partition coefficient (Wildman–Crippen LogP) is 1.11. The Balaban J connectivity index is 1.64. The molecule has 1 aromatic heterocycles. The van der Waals surface area contributed by atoms with Crippen molar-refractivity contribution >= 4 is 5.91 Å². The molecule has 1 N–H and O–H groups in total. The first-order valence-corrected chi connectivity index (χ1v) is 6.87. The van der Waals surface area contributed by atoms with E-state index in [1.807, 2.05) is 4.90 Å². The minimum absolute atomic E-state index is 0.0939. The van der Waals surface area contributed by atoms with Crippen LogP contribution in [0, 0.1) is 0 Å². The van der Waals surface area contributed by atoms with Crippen LogP contribution in [-0.4, -0.2) is 58.1 Å². The number of rotatable bonds is 2. The zero-order chi connectivity index (χ0) is 12.4. The van der Waals surface area contributed by atoms with Gasteiger partial charge in [-0.15, -0.1) is 0 Å². The van der Waals surface area contributed by atoms with Crippen molar-refractivity contribution in [3.8, 4) is 0 Å². The minimum Gasteiger partial charge on any atom is -0.336 e. The molecule has 2 saturated heterocycles. The summed E-state index contributed by atoms with van der Waals surface area (Å²) in [6, 6.07) is 2.31. The molecule has 98 valence electrons. The van der Waals surface area contributed by atoms with Gasteiger partial charge in [0.1, 0.15) is 5.69 Å². The largest absolute Gasteiger partial charge is 0.336 e.